The van der Waals surface area contributed by atoms with E-state index in [1.165, 1.54) is 0 Å². The van der Waals surface area contributed by atoms with Crippen LogP contribution in [0.2, 0.25) is 5.02 Å². The molecule has 1 aliphatic heterocycles. The average molecular weight is 284 g/mol. The Labute approximate surface area is 117 Å². The molecule has 1 fully saturated rings. The first-order valence-corrected chi connectivity index (χ1v) is 6.67. The summed E-state index contributed by atoms with van der Waals surface area (Å²) < 4.78 is 0. The van der Waals surface area contributed by atoms with Gasteiger partial charge in [-0.15, -0.1) is 0 Å². The monoisotopic (exact) mass is 283 g/mol. The van der Waals surface area contributed by atoms with E-state index in [0.717, 1.165) is 13.1 Å². The molecule has 5 nitrogen and oxygen atoms in total. The number of carbonyl (C=O) groups excluding carboxylic acids is 1. The van der Waals surface area contributed by atoms with Crippen LogP contribution in [0.15, 0.2) is 18.2 Å². The minimum atomic E-state index is -0.0800. The highest BCUT2D eigenvalue weighted by Crippen LogP contribution is 2.20. The van der Waals surface area contributed by atoms with Crippen LogP contribution in [0.4, 0.5) is 5.69 Å². The molecule has 3 N–H and O–H groups in total. The van der Waals surface area contributed by atoms with E-state index < -0.39 is 0 Å². The number of aliphatic hydroxyl groups excluding tert-OH is 1. The highest BCUT2D eigenvalue weighted by atomic mass is 35.5. The lowest BCUT2D eigenvalue weighted by molar-refractivity contribution is 0.0616. The Morgan fingerprint density at radius 3 is 2.63 bits per heavy atom. The predicted octanol–water partition coefficient (Wildman–Crippen LogP) is 0.672. The Morgan fingerprint density at radius 1 is 1.32 bits per heavy atom. The number of hydrogen-bond acceptors (Lipinski definition) is 4. The zero-order chi connectivity index (χ0) is 13.8. The van der Waals surface area contributed by atoms with Crippen LogP contribution in [0.25, 0.3) is 0 Å². The maximum atomic E-state index is 12.4. The number of carbonyl (C=O) groups is 1. The Bertz CT molecular complexity index is 459. The number of benzene rings is 1. The smallest absolute Gasteiger partial charge is 0.256 e. The van der Waals surface area contributed by atoms with Crippen molar-refractivity contribution in [3.63, 3.8) is 0 Å². The van der Waals surface area contributed by atoms with Gasteiger partial charge in [0.2, 0.25) is 0 Å². The fraction of sp³-hybridized carbons (Fsp3) is 0.462. The van der Waals surface area contributed by atoms with E-state index in [0.29, 0.717) is 35.9 Å². The second kappa shape index (κ2) is 6.23. The summed E-state index contributed by atoms with van der Waals surface area (Å²) in [5.74, 6) is -0.0800. The Kier molecular flexibility index (Phi) is 4.63. The van der Waals surface area contributed by atoms with Gasteiger partial charge in [0.25, 0.3) is 5.91 Å². The van der Waals surface area contributed by atoms with Crippen molar-refractivity contribution >= 4 is 23.2 Å². The molecule has 0 saturated carbocycles. The van der Waals surface area contributed by atoms with Gasteiger partial charge in [-0.1, -0.05) is 11.6 Å². The summed E-state index contributed by atoms with van der Waals surface area (Å²) in [6.45, 7) is 3.63. The standard InChI is InChI=1S/C13H18ClN3O2/c14-10-1-2-12(15)11(9-10)13(19)17-5-3-16(4-6-17)7-8-18/h1-2,9,18H,3-8,15H2. The van der Waals surface area contributed by atoms with Crippen molar-refractivity contribution in [3.8, 4) is 0 Å². The number of halogens is 1. The van der Waals surface area contributed by atoms with Crippen molar-refractivity contribution < 1.29 is 9.90 Å². The van der Waals surface area contributed by atoms with Crippen molar-refractivity contribution in [2.24, 2.45) is 0 Å². The highest BCUT2D eigenvalue weighted by Gasteiger charge is 2.23. The molecule has 1 heterocycles. The first kappa shape index (κ1) is 14.1. The van der Waals surface area contributed by atoms with Crippen LogP contribution in [0, 0.1) is 0 Å². The molecule has 1 aliphatic rings. The summed E-state index contributed by atoms with van der Waals surface area (Å²) >= 11 is 5.90. The molecule has 0 aromatic heterocycles. The molecule has 1 amide bonds. The molecular formula is C13H18ClN3O2. The van der Waals surface area contributed by atoms with Gasteiger partial charge in [0, 0.05) is 43.4 Å². The van der Waals surface area contributed by atoms with E-state index in [1.807, 2.05) is 0 Å². The molecule has 1 aromatic rings. The number of amides is 1. The van der Waals surface area contributed by atoms with Gasteiger partial charge in [-0.2, -0.15) is 0 Å². The number of nitrogens with zero attached hydrogens (tertiary/aromatic N) is 2. The van der Waals surface area contributed by atoms with Gasteiger partial charge in [0.1, 0.15) is 0 Å². The quantitative estimate of drug-likeness (QED) is 0.800. The van der Waals surface area contributed by atoms with Gasteiger partial charge >= 0.3 is 0 Å². The van der Waals surface area contributed by atoms with E-state index in [-0.39, 0.29) is 12.5 Å². The minimum absolute atomic E-state index is 0.0800. The number of nitrogen functional groups attached to an aromatic ring is 1. The average Bonchev–Trinajstić information content (AvgIpc) is 2.42. The van der Waals surface area contributed by atoms with Crippen LogP contribution in [0.1, 0.15) is 10.4 Å². The van der Waals surface area contributed by atoms with Crippen molar-refractivity contribution in [1.29, 1.82) is 0 Å². The van der Waals surface area contributed by atoms with Gasteiger partial charge < -0.3 is 15.7 Å². The number of aliphatic hydroxyl groups is 1. The highest BCUT2D eigenvalue weighted by molar-refractivity contribution is 6.31. The van der Waals surface area contributed by atoms with Gasteiger partial charge in [-0.3, -0.25) is 9.69 Å². The zero-order valence-electron chi connectivity index (χ0n) is 10.7. The number of hydrogen-bond donors (Lipinski definition) is 2. The second-order valence-corrected chi connectivity index (χ2v) is 5.03. The second-order valence-electron chi connectivity index (χ2n) is 4.59. The summed E-state index contributed by atoms with van der Waals surface area (Å²) in [5, 5.41) is 9.40. The van der Waals surface area contributed by atoms with Crippen LogP contribution in [-0.4, -0.2) is 60.1 Å². The predicted molar refractivity (Wildman–Crippen MR) is 75.3 cm³/mol. The molecule has 0 aliphatic carbocycles. The molecule has 0 spiro atoms. The van der Waals surface area contributed by atoms with Crippen LogP contribution in [0.3, 0.4) is 0 Å². The van der Waals surface area contributed by atoms with Crippen molar-refractivity contribution in [3.05, 3.63) is 28.8 Å². The largest absolute Gasteiger partial charge is 0.398 e. The van der Waals surface area contributed by atoms with Crippen LogP contribution in [0.5, 0.6) is 0 Å². The number of β-amino-alcohol motifs (C(OH)–C–C–N with tert-alkyl or cyclic N) is 1. The van der Waals surface area contributed by atoms with Crippen molar-refractivity contribution in [2.45, 2.75) is 0 Å². The van der Waals surface area contributed by atoms with Crippen molar-refractivity contribution in [1.82, 2.24) is 9.80 Å². The fourth-order valence-corrected chi connectivity index (χ4v) is 2.37. The lowest BCUT2D eigenvalue weighted by Gasteiger charge is -2.34. The van der Waals surface area contributed by atoms with E-state index in [9.17, 15) is 4.79 Å². The van der Waals surface area contributed by atoms with Crippen LogP contribution >= 0.6 is 11.6 Å². The number of nitrogens with two attached hydrogens (primary N) is 1. The van der Waals surface area contributed by atoms with Crippen molar-refractivity contribution in [2.75, 3.05) is 45.1 Å². The lowest BCUT2D eigenvalue weighted by Crippen LogP contribution is -2.49. The third-order valence-electron chi connectivity index (χ3n) is 3.32. The summed E-state index contributed by atoms with van der Waals surface area (Å²) in [6.07, 6.45) is 0. The van der Waals surface area contributed by atoms with Gasteiger partial charge in [-0.05, 0) is 18.2 Å². The minimum Gasteiger partial charge on any atom is -0.398 e. The molecule has 104 valence electrons. The number of rotatable bonds is 3. The van der Waals surface area contributed by atoms with Gasteiger partial charge in [-0.25, -0.2) is 0 Å². The summed E-state index contributed by atoms with van der Waals surface area (Å²) in [5.41, 5.74) is 6.73. The molecule has 2 rings (SSSR count). The maximum Gasteiger partial charge on any atom is 0.256 e. The SMILES string of the molecule is Nc1ccc(Cl)cc1C(=O)N1CCN(CCO)CC1. The molecule has 6 heteroatoms. The molecule has 0 unspecified atom stereocenters. The molecule has 1 aromatic carbocycles. The van der Waals surface area contributed by atoms with E-state index in [1.54, 1.807) is 23.1 Å². The number of anilines is 1. The van der Waals surface area contributed by atoms with E-state index in [2.05, 4.69) is 4.90 Å². The first-order valence-electron chi connectivity index (χ1n) is 6.29. The zero-order valence-corrected chi connectivity index (χ0v) is 11.4. The normalized spacial score (nSPS) is 16.6. The third-order valence-corrected chi connectivity index (χ3v) is 3.56. The summed E-state index contributed by atoms with van der Waals surface area (Å²) in [7, 11) is 0. The molecule has 19 heavy (non-hydrogen) atoms. The Hall–Kier alpha value is -1.30. The van der Waals surface area contributed by atoms with Crippen LogP contribution in [-0.2, 0) is 0 Å². The first-order chi connectivity index (χ1) is 9.11. The van der Waals surface area contributed by atoms with E-state index >= 15 is 0 Å². The molecule has 0 atom stereocenters. The summed E-state index contributed by atoms with van der Waals surface area (Å²) in [4.78, 5) is 16.3. The molecule has 0 radical (unpaired) electrons. The summed E-state index contributed by atoms with van der Waals surface area (Å²) in [6, 6.07) is 4.93. The number of piperazine rings is 1. The Balaban J connectivity index is 2.03. The third kappa shape index (κ3) is 3.37. The topological polar surface area (TPSA) is 69.8 Å². The van der Waals surface area contributed by atoms with Gasteiger partial charge in [0.05, 0.1) is 12.2 Å². The van der Waals surface area contributed by atoms with Gasteiger partial charge in [0.15, 0.2) is 0 Å². The lowest BCUT2D eigenvalue weighted by atomic mass is 10.1. The van der Waals surface area contributed by atoms with E-state index in [4.69, 9.17) is 22.4 Å². The molecule has 0 bridgehead atoms. The molecule has 1 saturated heterocycles. The van der Waals surface area contributed by atoms with Crippen LogP contribution < -0.4 is 5.73 Å². The Morgan fingerprint density at radius 2 is 2.00 bits per heavy atom. The maximum absolute atomic E-state index is 12.4. The fourth-order valence-electron chi connectivity index (χ4n) is 2.20. The molecular weight excluding hydrogens is 266 g/mol.